The van der Waals surface area contributed by atoms with Crippen LogP contribution in [-0.2, 0) is 10.1 Å². The maximum absolute atomic E-state index is 10.6. The van der Waals surface area contributed by atoms with E-state index in [1.807, 2.05) is 0 Å². The molecule has 1 fully saturated rings. The van der Waals surface area contributed by atoms with Crippen LogP contribution in [0.15, 0.2) is 0 Å². The first-order valence-corrected chi connectivity index (χ1v) is 4.87. The van der Waals surface area contributed by atoms with Crippen molar-refractivity contribution in [3.8, 4) is 0 Å². The standard InChI is InChI=1S/C5H11NO4S/c7-4-1-2-6-3-5(4)11(8,9)10/h4-7H,1-3H2,(H,8,9,10)/t4-,5-/m1/s1. The van der Waals surface area contributed by atoms with Gasteiger partial charge in [-0.15, -0.1) is 0 Å². The number of aliphatic hydroxyl groups excluding tert-OH is 1. The minimum Gasteiger partial charge on any atom is -0.392 e. The van der Waals surface area contributed by atoms with Gasteiger partial charge in [0.1, 0.15) is 5.25 Å². The highest BCUT2D eigenvalue weighted by atomic mass is 32.2. The molecule has 66 valence electrons. The van der Waals surface area contributed by atoms with E-state index in [9.17, 15) is 8.42 Å². The Morgan fingerprint density at radius 1 is 1.45 bits per heavy atom. The third kappa shape index (κ3) is 2.13. The number of hydrogen-bond acceptors (Lipinski definition) is 4. The van der Waals surface area contributed by atoms with E-state index in [0.717, 1.165) is 0 Å². The molecule has 1 saturated heterocycles. The molecule has 6 heteroatoms. The summed E-state index contributed by atoms with van der Waals surface area (Å²) in [5, 5.41) is 10.8. The van der Waals surface area contributed by atoms with Crippen molar-refractivity contribution < 1.29 is 18.1 Å². The molecule has 0 amide bonds. The Kier molecular flexibility index (Phi) is 2.48. The number of rotatable bonds is 1. The van der Waals surface area contributed by atoms with Gasteiger partial charge in [0, 0.05) is 6.54 Å². The smallest absolute Gasteiger partial charge is 0.271 e. The van der Waals surface area contributed by atoms with Crippen LogP contribution < -0.4 is 5.32 Å². The second-order valence-corrected chi connectivity index (χ2v) is 4.25. The molecular formula is C5H11NO4S. The second kappa shape index (κ2) is 3.06. The van der Waals surface area contributed by atoms with Gasteiger partial charge in [-0.2, -0.15) is 8.42 Å². The van der Waals surface area contributed by atoms with E-state index in [4.69, 9.17) is 9.66 Å². The lowest BCUT2D eigenvalue weighted by Crippen LogP contribution is -2.48. The van der Waals surface area contributed by atoms with Gasteiger partial charge in [-0.05, 0) is 13.0 Å². The molecule has 5 nitrogen and oxygen atoms in total. The van der Waals surface area contributed by atoms with E-state index < -0.39 is 21.5 Å². The number of piperidine rings is 1. The highest BCUT2D eigenvalue weighted by Crippen LogP contribution is 2.10. The van der Waals surface area contributed by atoms with Gasteiger partial charge in [0.15, 0.2) is 0 Å². The molecular weight excluding hydrogens is 170 g/mol. The summed E-state index contributed by atoms with van der Waals surface area (Å²) in [5.41, 5.74) is 0. The van der Waals surface area contributed by atoms with Crippen molar-refractivity contribution in [1.29, 1.82) is 0 Å². The highest BCUT2D eigenvalue weighted by Gasteiger charge is 2.32. The Labute approximate surface area is 65.2 Å². The first kappa shape index (κ1) is 8.92. The zero-order chi connectivity index (χ0) is 8.48. The lowest BCUT2D eigenvalue weighted by Gasteiger charge is -2.25. The molecule has 0 radical (unpaired) electrons. The maximum Gasteiger partial charge on any atom is 0.271 e. The Balaban J connectivity index is 2.70. The summed E-state index contributed by atoms with van der Waals surface area (Å²) in [6, 6.07) is 0. The van der Waals surface area contributed by atoms with E-state index in [1.165, 1.54) is 0 Å². The fraction of sp³-hybridized carbons (Fsp3) is 1.00. The van der Waals surface area contributed by atoms with Crippen LogP contribution >= 0.6 is 0 Å². The molecule has 0 saturated carbocycles. The number of hydrogen-bond donors (Lipinski definition) is 3. The van der Waals surface area contributed by atoms with Crippen molar-refractivity contribution in [1.82, 2.24) is 5.32 Å². The van der Waals surface area contributed by atoms with Crippen LogP contribution in [0, 0.1) is 0 Å². The zero-order valence-corrected chi connectivity index (χ0v) is 6.71. The minimum absolute atomic E-state index is 0.125. The van der Waals surface area contributed by atoms with Crippen molar-refractivity contribution in [2.45, 2.75) is 17.8 Å². The Morgan fingerprint density at radius 3 is 2.45 bits per heavy atom. The van der Waals surface area contributed by atoms with Crippen molar-refractivity contribution in [2.24, 2.45) is 0 Å². The fourth-order valence-corrected chi connectivity index (χ4v) is 1.98. The summed E-state index contributed by atoms with van der Waals surface area (Å²) in [7, 11) is -4.09. The summed E-state index contributed by atoms with van der Waals surface area (Å²) in [6.07, 6.45) is -0.573. The highest BCUT2D eigenvalue weighted by molar-refractivity contribution is 7.86. The number of aliphatic hydroxyl groups is 1. The normalized spacial score (nSPS) is 33.6. The SMILES string of the molecule is O=S(=O)(O)[C@@H]1CNCC[C@H]1O. The molecule has 0 aromatic rings. The minimum atomic E-state index is -4.09. The van der Waals surface area contributed by atoms with E-state index in [1.54, 1.807) is 0 Å². The van der Waals surface area contributed by atoms with Crippen molar-refractivity contribution in [3.63, 3.8) is 0 Å². The first-order valence-electron chi connectivity index (χ1n) is 3.37. The molecule has 0 aliphatic carbocycles. The second-order valence-electron chi connectivity index (χ2n) is 2.61. The molecule has 1 rings (SSSR count). The van der Waals surface area contributed by atoms with Crippen LogP contribution in [0.5, 0.6) is 0 Å². The molecule has 1 heterocycles. The summed E-state index contributed by atoms with van der Waals surface area (Å²) in [4.78, 5) is 0. The third-order valence-corrected chi connectivity index (χ3v) is 3.02. The van der Waals surface area contributed by atoms with Gasteiger partial charge >= 0.3 is 0 Å². The van der Waals surface area contributed by atoms with Crippen LogP contribution in [0.25, 0.3) is 0 Å². The molecule has 0 aromatic carbocycles. The summed E-state index contributed by atoms with van der Waals surface area (Å²) in [5.74, 6) is 0. The summed E-state index contributed by atoms with van der Waals surface area (Å²) in [6.45, 7) is 0.715. The molecule has 0 unspecified atom stereocenters. The van der Waals surface area contributed by atoms with Gasteiger partial charge in [0.2, 0.25) is 0 Å². The predicted molar refractivity (Wildman–Crippen MR) is 38.8 cm³/mol. The van der Waals surface area contributed by atoms with E-state index in [2.05, 4.69) is 5.32 Å². The van der Waals surface area contributed by atoms with Crippen LogP contribution in [0.1, 0.15) is 6.42 Å². The molecule has 1 aliphatic heterocycles. The van der Waals surface area contributed by atoms with Gasteiger partial charge in [-0.1, -0.05) is 0 Å². The van der Waals surface area contributed by atoms with E-state index in [0.29, 0.717) is 13.0 Å². The third-order valence-electron chi connectivity index (χ3n) is 1.77. The fourth-order valence-electron chi connectivity index (χ4n) is 1.12. The van der Waals surface area contributed by atoms with Crippen molar-refractivity contribution in [2.75, 3.05) is 13.1 Å². The predicted octanol–water partition coefficient (Wildman–Crippen LogP) is -1.40. The molecule has 11 heavy (non-hydrogen) atoms. The van der Waals surface area contributed by atoms with Gasteiger partial charge in [0.05, 0.1) is 6.10 Å². The monoisotopic (exact) mass is 181 g/mol. The average molecular weight is 181 g/mol. The summed E-state index contributed by atoms with van der Waals surface area (Å²) >= 11 is 0. The van der Waals surface area contributed by atoms with Crippen molar-refractivity contribution >= 4 is 10.1 Å². The molecule has 2 atom stereocenters. The summed E-state index contributed by atoms with van der Waals surface area (Å²) < 4.78 is 29.7. The van der Waals surface area contributed by atoms with Gasteiger partial charge in [0.25, 0.3) is 10.1 Å². The largest absolute Gasteiger partial charge is 0.392 e. The topological polar surface area (TPSA) is 86.6 Å². The van der Waals surface area contributed by atoms with Crippen LogP contribution in [0.4, 0.5) is 0 Å². The zero-order valence-electron chi connectivity index (χ0n) is 5.90. The lowest BCUT2D eigenvalue weighted by atomic mass is 10.1. The van der Waals surface area contributed by atoms with E-state index >= 15 is 0 Å². The average Bonchev–Trinajstić information content (AvgIpc) is 1.86. The van der Waals surface area contributed by atoms with Gasteiger partial charge in [-0.25, -0.2) is 0 Å². The Morgan fingerprint density at radius 2 is 2.09 bits per heavy atom. The molecule has 1 aliphatic rings. The molecule has 0 bridgehead atoms. The van der Waals surface area contributed by atoms with E-state index in [-0.39, 0.29) is 6.54 Å². The van der Waals surface area contributed by atoms with Crippen LogP contribution in [0.2, 0.25) is 0 Å². The van der Waals surface area contributed by atoms with Crippen LogP contribution in [0.3, 0.4) is 0 Å². The first-order chi connectivity index (χ1) is 5.02. The quantitative estimate of drug-likeness (QED) is 0.433. The molecule has 0 aromatic heterocycles. The van der Waals surface area contributed by atoms with Gasteiger partial charge in [-0.3, -0.25) is 4.55 Å². The van der Waals surface area contributed by atoms with Gasteiger partial charge < -0.3 is 10.4 Å². The Bertz CT molecular complexity index is 225. The Hall–Kier alpha value is -0.170. The molecule has 3 N–H and O–H groups in total. The van der Waals surface area contributed by atoms with Crippen LogP contribution in [-0.4, -0.2) is 42.5 Å². The molecule has 0 spiro atoms. The van der Waals surface area contributed by atoms with Crippen molar-refractivity contribution in [3.05, 3.63) is 0 Å². The lowest BCUT2D eigenvalue weighted by molar-refractivity contribution is 0.137. The maximum atomic E-state index is 10.6. The number of nitrogens with one attached hydrogen (secondary N) is 1.